The molecule has 19 heavy (non-hydrogen) atoms. The Hall–Kier alpha value is -1.39. The van der Waals surface area contributed by atoms with E-state index in [0.29, 0.717) is 5.56 Å². The summed E-state index contributed by atoms with van der Waals surface area (Å²) in [5.74, 6) is -0.404. The van der Waals surface area contributed by atoms with Gasteiger partial charge in [-0.05, 0) is 30.7 Å². The monoisotopic (exact) mass is 281 g/mol. The van der Waals surface area contributed by atoms with Crippen LogP contribution in [0, 0.1) is 5.82 Å². The van der Waals surface area contributed by atoms with Crippen LogP contribution >= 0.6 is 11.6 Å². The molecule has 0 aliphatic carbocycles. The normalized spacial score (nSPS) is 12.6. The van der Waals surface area contributed by atoms with E-state index in [1.807, 2.05) is 25.4 Å². The third-order valence-electron chi connectivity index (χ3n) is 2.92. The first-order chi connectivity index (χ1) is 9.13. The van der Waals surface area contributed by atoms with E-state index in [0.717, 1.165) is 18.7 Å². The number of benzene rings is 1. The lowest BCUT2D eigenvalue weighted by molar-refractivity contribution is 0.567. The van der Waals surface area contributed by atoms with E-state index in [-0.39, 0.29) is 11.1 Å². The third kappa shape index (κ3) is 3.14. The van der Waals surface area contributed by atoms with Gasteiger partial charge in [-0.2, -0.15) is 5.10 Å². The van der Waals surface area contributed by atoms with Crippen molar-refractivity contribution in [2.24, 2.45) is 7.05 Å². The van der Waals surface area contributed by atoms with Gasteiger partial charge in [-0.3, -0.25) is 4.68 Å². The Labute approximate surface area is 117 Å². The molecule has 1 N–H and O–H groups in total. The third-order valence-corrected chi connectivity index (χ3v) is 3.32. The van der Waals surface area contributed by atoms with E-state index >= 15 is 0 Å². The van der Waals surface area contributed by atoms with Crippen molar-refractivity contribution in [3.05, 3.63) is 52.6 Å². The van der Waals surface area contributed by atoms with E-state index < -0.39 is 5.82 Å². The molecule has 1 atom stereocenters. The molecule has 3 nitrogen and oxygen atoms in total. The molecule has 5 heteroatoms. The highest BCUT2D eigenvalue weighted by atomic mass is 35.5. The summed E-state index contributed by atoms with van der Waals surface area (Å²) in [6, 6.07) is 6.58. The maximum absolute atomic E-state index is 13.6. The van der Waals surface area contributed by atoms with Crippen LogP contribution < -0.4 is 5.32 Å². The van der Waals surface area contributed by atoms with Crippen molar-refractivity contribution >= 4 is 11.6 Å². The summed E-state index contributed by atoms with van der Waals surface area (Å²) in [6.07, 6.45) is 2.85. The van der Waals surface area contributed by atoms with Crippen LogP contribution in [0.2, 0.25) is 5.02 Å². The van der Waals surface area contributed by atoms with Crippen molar-refractivity contribution in [2.75, 3.05) is 6.54 Å². The SMILES string of the molecule is CCCNC(c1ccn(C)n1)c1cccc(F)c1Cl. The quantitative estimate of drug-likeness (QED) is 0.911. The predicted molar refractivity (Wildman–Crippen MR) is 74.8 cm³/mol. The van der Waals surface area contributed by atoms with Crippen LogP contribution in [-0.2, 0) is 7.05 Å². The molecule has 0 amide bonds. The number of nitrogens with one attached hydrogen (secondary N) is 1. The van der Waals surface area contributed by atoms with Gasteiger partial charge in [0.1, 0.15) is 5.82 Å². The standard InChI is InChI=1S/C14H17ClFN3/c1-3-8-17-14(12-7-9-19(2)18-12)10-5-4-6-11(16)13(10)15/h4-7,9,14,17H,3,8H2,1-2H3. The fraction of sp³-hybridized carbons (Fsp3) is 0.357. The van der Waals surface area contributed by atoms with Crippen molar-refractivity contribution in [3.8, 4) is 0 Å². The first-order valence-corrected chi connectivity index (χ1v) is 6.68. The summed E-state index contributed by atoms with van der Waals surface area (Å²) >= 11 is 6.07. The second-order valence-corrected chi connectivity index (χ2v) is 4.82. The fourth-order valence-electron chi connectivity index (χ4n) is 1.99. The molecule has 102 valence electrons. The van der Waals surface area contributed by atoms with Gasteiger partial charge in [-0.1, -0.05) is 30.7 Å². The van der Waals surface area contributed by atoms with Gasteiger partial charge in [0.25, 0.3) is 0 Å². The molecular formula is C14H17ClFN3. The van der Waals surface area contributed by atoms with E-state index in [1.54, 1.807) is 10.7 Å². The fourth-order valence-corrected chi connectivity index (χ4v) is 2.23. The van der Waals surface area contributed by atoms with Crippen LogP contribution in [0.5, 0.6) is 0 Å². The number of rotatable bonds is 5. The van der Waals surface area contributed by atoms with E-state index in [1.165, 1.54) is 6.07 Å². The zero-order valence-corrected chi connectivity index (χ0v) is 11.8. The predicted octanol–water partition coefficient (Wildman–Crippen LogP) is 3.30. The molecular weight excluding hydrogens is 265 g/mol. The molecule has 0 fully saturated rings. The number of halogens is 2. The number of aryl methyl sites for hydroxylation is 1. The Kier molecular flexibility index (Phi) is 4.56. The smallest absolute Gasteiger partial charge is 0.142 e. The summed E-state index contributed by atoms with van der Waals surface area (Å²) in [5, 5.41) is 7.90. The van der Waals surface area contributed by atoms with Crippen LogP contribution in [0.25, 0.3) is 0 Å². The van der Waals surface area contributed by atoms with E-state index in [2.05, 4.69) is 17.3 Å². The lowest BCUT2D eigenvalue weighted by atomic mass is 10.0. The van der Waals surface area contributed by atoms with Crippen molar-refractivity contribution in [3.63, 3.8) is 0 Å². The van der Waals surface area contributed by atoms with Gasteiger partial charge < -0.3 is 5.32 Å². The Bertz CT molecular complexity index is 553. The zero-order chi connectivity index (χ0) is 13.8. The number of hydrogen-bond donors (Lipinski definition) is 1. The molecule has 2 rings (SSSR count). The summed E-state index contributed by atoms with van der Waals surface area (Å²) in [6.45, 7) is 2.89. The molecule has 1 heterocycles. The summed E-state index contributed by atoms with van der Waals surface area (Å²) in [4.78, 5) is 0. The minimum absolute atomic E-state index is 0.154. The average molecular weight is 282 g/mol. The van der Waals surface area contributed by atoms with Gasteiger partial charge in [0, 0.05) is 13.2 Å². The highest BCUT2D eigenvalue weighted by molar-refractivity contribution is 6.31. The molecule has 2 aromatic rings. The van der Waals surface area contributed by atoms with Crippen molar-refractivity contribution in [1.29, 1.82) is 0 Å². The molecule has 1 unspecified atom stereocenters. The molecule has 0 saturated heterocycles. The van der Waals surface area contributed by atoms with E-state index in [4.69, 9.17) is 11.6 Å². The first kappa shape index (κ1) is 14.0. The zero-order valence-electron chi connectivity index (χ0n) is 11.0. The van der Waals surface area contributed by atoms with Gasteiger partial charge in [-0.25, -0.2) is 4.39 Å². The van der Waals surface area contributed by atoms with Crippen molar-refractivity contribution in [2.45, 2.75) is 19.4 Å². The van der Waals surface area contributed by atoms with Crippen LogP contribution in [0.1, 0.15) is 30.6 Å². The number of nitrogens with zero attached hydrogens (tertiary/aromatic N) is 2. The highest BCUT2D eigenvalue weighted by Gasteiger charge is 2.20. The Morgan fingerprint density at radius 3 is 2.84 bits per heavy atom. The largest absolute Gasteiger partial charge is 0.305 e. The van der Waals surface area contributed by atoms with Crippen LogP contribution in [0.4, 0.5) is 4.39 Å². The molecule has 0 spiro atoms. The maximum atomic E-state index is 13.6. The van der Waals surface area contributed by atoms with Crippen LogP contribution in [-0.4, -0.2) is 16.3 Å². The molecule has 1 aromatic carbocycles. The van der Waals surface area contributed by atoms with Gasteiger partial charge in [-0.15, -0.1) is 0 Å². The van der Waals surface area contributed by atoms with Crippen molar-refractivity contribution < 1.29 is 4.39 Å². The topological polar surface area (TPSA) is 29.9 Å². The lowest BCUT2D eigenvalue weighted by Gasteiger charge is -2.18. The molecule has 0 saturated carbocycles. The van der Waals surface area contributed by atoms with Crippen molar-refractivity contribution in [1.82, 2.24) is 15.1 Å². The summed E-state index contributed by atoms with van der Waals surface area (Å²) < 4.78 is 15.3. The lowest BCUT2D eigenvalue weighted by Crippen LogP contribution is -2.24. The minimum atomic E-state index is -0.404. The maximum Gasteiger partial charge on any atom is 0.142 e. The minimum Gasteiger partial charge on any atom is -0.305 e. The Morgan fingerprint density at radius 1 is 1.42 bits per heavy atom. The molecule has 1 aromatic heterocycles. The van der Waals surface area contributed by atoms with Gasteiger partial charge in [0.05, 0.1) is 16.8 Å². The summed E-state index contributed by atoms with van der Waals surface area (Å²) in [5.41, 5.74) is 1.55. The van der Waals surface area contributed by atoms with Gasteiger partial charge in [0.15, 0.2) is 0 Å². The van der Waals surface area contributed by atoms with E-state index in [9.17, 15) is 4.39 Å². The first-order valence-electron chi connectivity index (χ1n) is 6.30. The van der Waals surface area contributed by atoms with Crippen LogP contribution in [0.3, 0.4) is 0 Å². The second kappa shape index (κ2) is 6.17. The number of aromatic nitrogens is 2. The molecule has 0 aliphatic heterocycles. The molecule has 0 aliphatic rings. The second-order valence-electron chi connectivity index (χ2n) is 4.44. The molecule has 0 bridgehead atoms. The van der Waals surface area contributed by atoms with Crippen LogP contribution in [0.15, 0.2) is 30.5 Å². The Morgan fingerprint density at radius 2 is 2.21 bits per heavy atom. The molecule has 0 radical (unpaired) electrons. The van der Waals surface area contributed by atoms with Gasteiger partial charge in [0.2, 0.25) is 0 Å². The highest BCUT2D eigenvalue weighted by Crippen LogP contribution is 2.29. The van der Waals surface area contributed by atoms with Gasteiger partial charge >= 0.3 is 0 Å². The summed E-state index contributed by atoms with van der Waals surface area (Å²) in [7, 11) is 1.85. The average Bonchev–Trinajstić information content (AvgIpc) is 2.81. The Balaban J connectivity index is 2.39. The number of hydrogen-bond acceptors (Lipinski definition) is 2.